The third-order valence-electron chi connectivity index (χ3n) is 2.56. The second-order valence-corrected chi connectivity index (χ2v) is 3.71. The molecule has 0 radical (unpaired) electrons. The quantitative estimate of drug-likeness (QED) is 0.441. The highest BCUT2D eigenvalue weighted by atomic mass is 15.3. The lowest BCUT2D eigenvalue weighted by atomic mass is 10.3. The minimum Gasteiger partial charge on any atom is -0.298 e. The lowest BCUT2D eigenvalue weighted by Gasteiger charge is -1.95. The van der Waals surface area contributed by atoms with Gasteiger partial charge in [-0.15, -0.1) is 5.10 Å². The predicted octanol–water partition coefficient (Wildman–Crippen LogP) is 1.72. The van der Waals surface area contributed by atoms with Gasteiger partial charge in [-0.25, -0.2) is 0 Å². The Morgan fingerprint density at radius 1 is 1.06 bits per heavy atom. The Hall–Kier alpha value is -2.16. The van der Waals surface area contributed by atoms with Crippen molar-refractivity contribution >= 4 is 5.65 Å². The molecule has 0 fully saturated rings. The minimum atomic E-state index is 0.906. The van der Waals surface area contributed by atoms with Crippen molar-refractivity contribution in [3.63, 3.8) is 0 Å². The number of hydrogen-bond donors (Lipinski definition) is 0. The molecule has 0 N–H and O–H groups in total. The van der Waals surface area contributed by atoms with E-state index in [0.29, 0.717) is 0 Å². The van der Waals surface area contributed by atoms with Crippen LogP contribution in [0.5, 0.6) is 0 Å². The predicted molar refractivity (Wildman–Crippen MR) is 60.3 cm³/mol. The van der Waals surface area contributed by atoms with E-state index in [-0.39, 0.29) is 0 Å². The number of aryl methyl sites for hydroxylation is 1. The van der Waals surface area contributed by atoms with Gasteiger partial charge >= 0.3 is 0 Å². The molecule has 0 spiro atoms. The van der Waals surface area contributed by atoms with Gasteiger partial charge in [-0.05, 0) is 13.0 Å². The Morgan fingerprint density at radius 3 is 2.62 bits per heavy atom. The highest BCUT2D eigenvalue weighted by Gasteiger charge is 2.04. The van der Waals surface area contributed by atoms with E-state index in [4.69, 9.17) is 0 Å². The number of rotatable bonds is 1. The Bertz CT molecular complexity index is 626. The van der Waals surface area contributed by atoms with Gasteiger partial charge in [0.05, 0.1) is 5.69 Å². The molecule has 0 atom stereocenters. The molecular formula is C13H11N3. The number of benzene rings is 1. The number of pyridine rings is 1. The Kier molecular flexibility index (Phi) is 1.96. The fourth-order valence-electron chi connectivity index (χ4n) is 1.72. The molecule has 0 saturated carbocycles. The van der Waals surface area contributed by atoms with Crippen LogP contribution in [-0.2, 0) is 0 Å². The van der Waals surface area contributed by atoms with E-state index in [1.54, 1.807) is 4.68 Å². The molecule has 16 heavy (non-hydrogen) atoms. The molecule has 0 bridgehead atoms. The van der Waals surface area contributed by atoms with E-state index in [1.807, 2.05) is 59.9 Å². The number of aromatic nitrogens is 3. The van der Waals surface area contributed by atoms with E-state index in [1.165, 1.54) is 0 Å². The summed E-state index contributed by atoms with van der Waals surface area (Å²) in [6.45, 7) is 2.04. The van der Waals surface area contributed by atoms with Crippen LogP contribution in [-0.4, -0.2) is 9.50 Å². The van der Waals surface area contributed by atoms with Gasteiger partial charge in [-0.1, -0.05) is 42.5 Å². The average Bonchev–Trinajstić information content (AvgIpc) is 2.76. The first kappa shape index (κ1) is 9.09. The highest BCUT2D eigenvalue weighted by Crippen LogP contribution is 2.03. The summed E-state index contributed by atoms with van der Waals surface area (Å²) >= 11 is 0. The first-order valence-corrected chi connectivity index (χ1v) is 5.20. The molecule has 3 rings (SSSR count). The summed E-state index contributed by atoms with van der Waals surface area (Å²) in [7, 11) is 0. The minimum absolute atomic E-state index is 0.906. The number of hydrogen-bond acceptors (Lipinski definition) is 1. The molecule has 0 saturated heterocycles. The van der Waals surface area contributed by atoms with Crippen LogP contribution >= 0.6 is 0 Å². The van der Waals surface area contributed by atoms with Crippen LogP contribution < -0.4 is 4.68 Å². The Labute approximate surface area is 93.6 Å². The smallest absolute Gasteiger partial charge is 0.273 e. The largest absolute Gasteiger partial charge is 0.298 e. The average molecular weight is 209 g/mol. The lowest BCUT2D eigenvalue weighted by Crippen LogP contribution is -2.32. The van der Waals surface area contributed by atoms with Crippen molar-refractivity contribution in [1.29, 1.82) is 0 Å². The molecule has 3 nitrogen and oxygen atoms in total. The first-order valence-electron chi connectivity index (χ1n) is 5.20. The zero-order valence-corrected chi connectivity index (χ0v) is 8.96. The van der Waals surface area contributed by atoms with Crippen molar-refractivity contribution < 1.29 is 4.68 Å². The maximum atomic E-state index is 4.47. The SMILES string of the molecule is Cc1cccc2n[n+](-c3ccccc3)[c-]n12. The van der Waals surface area contributed by atoms with Crippen LogP contribution in [0, 0.1) is 13.3 Å². The Balaban J connectivity index is 2.23. The lowest BCUT2D eigenvalue weighted by molar-refractivity contribution is -0.659. The number of nitrogens with zero attached hydrogens (tertiary/aromatic N) is 3. The standard InChI is InChI=1S/C13H11N3/c1-11-6-5-9-13-14-16(10-15(11)13)12-7-3-2-4-8-12/h2-9H,1H3. The van der Waals surface area contributed by atoms with Crippen molar-refractivity contribution in [2.45, 2.75) is 6.92 Å². The summed E-state index contributed by atoms with van der Waals surface area (Å²) in [5.74, 6) is 0. The van der Waals surface area contributed by atoms with E-state index in [9.17, 15) is 0 Å². The van der Waals surface area contributed by atoms with Crippen molar-refractivity contribution in [2.24, 2.45) is 0 Å². The van der Waals surface area contributed by atoms with Crippen LogP contribution in [0.3, 0.4) is 0 Å². The molecule has 3 aromatic rings. The van der Waals surface area contributed by atoms with E-state index >= 15 is 0 Å². The second kappa shape index (κ2) is 3.45. The van der Waals surface area contributed by atoms with Crippen molar-refractivity contribution in [2.75, 3.05) is 0 Å². The number of fused-ring (bicyclic) bond motifs is 1. The van der Waals surface area contributed by atoms with Crippen molar-refractivity contribution in [1.82, 2.24) is 9.50 Å². The van der Waals surface area contributed by atoms with Gasteiger partial charge in [0, 0.05) is 5.69 Å². The first-order chi connectivity index (χ1) is 7.84. The monoisotopic (exact) mass is 209 g/mol. The Morgan fingerprint density at radius 2 is 1.88 bits per heavy atom. The fraction of sp³-hybridized carbons (Fsp3) is 0.0769. The second-order valence-electron chi connectivity index (χ2n) is 3.71. The van der Waals surface area contributed by atoms with Crippen LogP contribution in [0.15, 0.2) is 48.5 Å². The molecule has 2 heterocycles. The maximum absolute atomic E-state index is 4.47. The molecule has 3 heteroatoms. The summed E-state index contributed by atoms with van der Waals surface area (Å²) in [5.41, 5.74) is 3.05. The van der Waals surface area contributed by atoms with Gasteiger partial charge in [-0.3, -0.25) is 4.40 Å². The van der Waals surface area contributed by atoms with Gasteiger partial charge in [-0.2, -0.15) is 4.68 Å². The molecule has 0 amide bonds. The summed E-state index contributed by atoms with van der Waals surface area (Å²) < 4.78 is 3.72. The maximum Gasteiger partial charge on any atom is 0.273 e. The van der Waals surface area contributed by atoms with Gasteiger partial charge < -0.3 is 0 Å². The molecule has 78 valence electrons. The van der Waals surface area contributed by atoms with Crippen LogP contribution in [0.4, 0.5) is 0 Å². The normalized spacial score (nSPS) is 10.8. The highest BCUT2D eigenvalue weighted by molar-refractivity contribution is 5.37. The third kappa shape index (κ3) is 1.37. The molecule has 0 aliphatic rings. The van der Waals surface area contributed by atoms with Gasteiger partial charge in [0.15, 0.2) is 5.65 Å². The molecule has 0 aliphatic heterocycles. The van der Waals surface area contributed by atoms with E-state index in [0.717, 1.165) is 17.0 Å². The topological polar surface area (TPSA) is 21.2 Å². The molecule has 0 unspecified atom stereocenters. The van der Waals surface area contributed by atoms with Crippen molar-refractivity contribution in [3.05, 3.63) is 60.6 Å². The summed E-state index contributed by atoms with van der Waals surface area (Å²) in [6, 6.07) is 16.0. The summed E-state index contributed by atoms with van der Waals surface area (Å²) in [4.78, 5) is 0. The van der Waals surface area contributed by atoms with E-state index in [2.05, 4.69) is 11.4 Å². The van der Waals surface area contributed by atoms with Gasteiger partial charge in [0.1, 0.15) is 0 Å². The number of para-hydroxylation sites is 1. The molecular weight excluding hydrogens is 198 g/mol. The summed E-state index contributed by atoms with van der Waals surface area (Å²) in [5, 5.41) is 4.47. The zero-order valence-electron chi connectivity index (χ0n) is 8.96. The van der Waals surface area contributed by atoms with Gasteiger partial charge in [0.25, 0.3) is 6.33 Å². The molecule has 0 aliphatic carbocycles. The molecule has 2 aromatic heterocycles. The zero-order chi connectivity index (χ0) is 11.0. The fourth-order valence-corrected chi connectivity index (χ4v) is 1.72. The van der Waals surface area contributed by atoms with Gasteiger partial charge in [0.2, 0.25) is 0 Å². The van der Waals surface area contributed by atoms with Crippen molar-refractivity contribution in [3.8, 4) is 5.69 Å². The summed E-state index contributed by atoms with van der Waals surface area (Å²) in [6.07, 6.45) is 3.20. The third-order valence-corrected chi connectivity index (χ3v) is 2.56. The van der Waals surface area contributed by atoms with E-state index < -0.39 is 0 Å². The molecule has 1 aromatic carbocycles. The van der Waals surface area contributed by atoms with Crippen LogP contribution in [0.1, 0.15) is 5.69 Å². The van der Waals surface area contributed by atoms with Crippen LogP contribution in [0.2, 0.25) is 0 Å². The van der Waals surface area contributed by atoms with Crippen LogP contribution in [0.25, 0.3) is 11.3 Å².